The van der Waals surface area contributed by atoms with Crippen molar-refractivity contribution in [3.8, 4) is 5.75 Å². The lowest BCUT2D eigenvalue weighted by Gasteiger charge is -2.32. The van der Waals surface area contributed by atoms with Gasteiger partial charge in [0.15, 0.2) is 0 Å². The Morgan fingerprint density at radius 1 is 1.33 bits per heavy atom. The highest BCUT2D eigenvalue weighted by molar-refractivity contribution is 5.78. The van der Waals surface area contributed by atoms with Crippen molar-refractivity contribution in [1.29, 1.82) is 0 Å². The highest BCUT2D eigenvalue weighted by Gasteiger charge is 2.15. The van der Waals surface area contributed by atoms with E-state index >= 15 is 0 Å². The van der Waals surface area contributed by atoms with Crippen molar-refractivity contribution in [3.63, 3.8) is 0 Å². The lowest BCUT2D eigenvalue weighted by atomic mass is 10.1. The van der Waals surface area contributed by atoms with E-state index in [1.165, 1.54) is 0 Å². The van der Waals surface area contributed by atoms with Crippen molar-refractivity contribution >= 4 is 5.91 Å². The van der Waals surface area contributed by atoms with Crippen LogP contribution in [-0.2, 0) is 11.2 Å². The van der Waals surface area contributed by atoms with E-state index in [2.05, 4.69) is 17.4 Å². The summed E-state index contributed by atoms with van der Waals surface area (Å²) in [4.78, 5) is 14.1. The van der Waals surface area contributed by atoms with Crippen LogP contribution in [0.2, 0.25) is 0 Å². The average molecular weight is 249 g/mol. The zero-order chi connectivity index (χ0) is 13.0. The van der Waals surface area contributed by atoms with E-state index in [1.807, 2.05) is 11.1 Å². The Hall–Kier alpha value is -1.59. The van der Waals surface area contributed by atoms with Gasteiger partial charge in [0.2, 0.25) is 5.91 Å². The minimum Gasteiger partial charge on any atom is -0.508 e. The van der Waals surface area contributed by atoms with Gasteiger partial charge in [0.25, 0.3) is 0 Å². The number of aromatic hydroxyl groups is 1. The molecule has 0 spiro atoms. The summed E-state index contributed by atoms with van der Waals surface area (Å²) < 4.78 is 0. The van der Waals surface area contributed by atoms with Crippen LogP contribution < -0.4 is 5.43 Å². The summed E-state index contributed by atoms with van der Waals surface area (Å²) >= 11 is 0. The number of rotatable bonds is 3. The summed E-state index contributed by atoms with van der Waals surface area (Å²) in [5.41, 5.74) is 3.71. The van der Waals surface area contributed by atoms with Gasteiger partial charge >= 0.3 is 0 Å². The van der Waals surface area contributed by atoms with E-state index in [1.54, 1.807) is 18.2 Å². The fraction of sp³-hybridized carbons (Fsp3) is 0.462. The van der Waals surface area contributed by atoms with Gasteiger partial charge in [0.1, 0.15) is 5.75 Å². The van der Waals surface area contributed by atoms with Crippen molar-refractivity contribution in [1.82, 2.24) is 15.3 Å². The molecule has 1 heterocycles. The predicted molar refractivity (Wildman–Crippen MR) is 69.0 cm³/mol. The molecule has 18 heavy (non-hydrogen) atoms. The number of hydrogen-bond acceptors (Lipinski definition) is 4. The smallest absolute Gasteiger partial charge is 0.238 e. The second-order valence-corrected chi connectivity index (χ2v) is 4.67. The van der Waals surface area contributed by atoms with E-state index in [9.17, 15) is 9.90 Å². The van der Waals surface area contributed by atoms with Crippen LogP contribution in [0.1, 0.15) is 5.56 Å². The molecule has 1 aliphatic rings. The SMILES string of the molecule is CN1CCN(NC(=O)Cc2cccc(O)c2)CC1. The quantitative estimate of drug-likeness (QED) is 0.804. The molecule has 0 atom stereocenters. The Kier molecular flexibility index (Phi) is 4.17. The van der Waals surface area contributed by atoms with Crippen LogP contribution in [0.5, 0.6) is 5.75 Å². The first kappa shape index (κ1) is 12.9. The van der Waals surface area contributed by atoms with Crippen molar-refractivity contribution in [2.24, 2.45) is 0 Å². The molecule has 0 aliphatic carbocycles. The Bertz CT molecular complexity index is 414. The monoisotopic (exact) mass is 249 g/mol. The van der Waals surface area contributed by atoms with E-state index in [-0.39, 0.29) is 11.7 Å². The van der Waals surface area contributed by atoms with Crippen LogP contribution in [0.4, 0.5) is 0 Å². The third-order valence-electron chi connectivity index (χ3n) is 3.06. The number of amides is 1. The number of phenolic OH excluding ortho intramolecular Hbond substituents is 1. The Morgan fingerprint density at radius 2 is 2.06 bits per heavy atom. The standard InChI is InChI=1S/C13H19N3O2/c1-15-5-7-16(8-6-15)14-13(18)10-11-3-2-4-12(17)9-11/h2-4,9,17H,5-8,10H2,1H3,(H,14,18). The number of hydrogen-bond donors (Lipinski definition) is 2. The summed E-state index contributed by atoms with van der Waals surface area (Å²) in [6.45, 7) is 3.63. The molecule has 2 N–H and O–H groups in total. The number of hydrazine groups is 1. The van der Waals surface area contributed by atoms with Crippen molar-refractivity contribution in [2.45, 2.75) is 6.42 Å². The van der Waals surface area contributed by atoms with Crippen molar-refractivity contribution < 1.29 is 9.90 Å². The average Bonchev–Trinajstić information content (AvgIpc) is 2.32. The van der Waals surface area contributed by atoms with Gasteiger partial charge in [-0.15, -0.1) is 0 Å². The summed E-state index contributed by atoms with van der Waals surface area (Å²) in [5.74, 6) is 0.157. The minimum atomic E-state index is -0.0369. The molecule has 0 saturated carbocycles. The van der Waals surface area contributed by atoms with Gasteiger partial charge < -0.3 is 10.0 Å². The van der Waals surface area contributed by atoms with Gasteiger partial charge in [0, 0.05) is 26.2 Å². The van der Waals surface area contributed by atoms with Crippen LogP contribution >= 0.6 is 0 Å². The molecule has 0 unspecified atom stereocenters. The van der Waals surface area contributed by atoms with E-state index in [0.29, 0.717) is 6.42 Å². The molecule has 1 aliphatic heterocycles. The molecular formula is C13H19N3O2. The molecular weight excluding hydrogens is 230 g/mol. The number of nitrogens with zero attached hydrogens (tertiary/aromatic N) is 2. The summed E-state index contributed by atoms with van der Waals surface area (Å²) in [6.07, 6.45) is 0.292. The lowest BCUT2D eigenvalue weighted by molar-refractivity contribution is -0.126. The molecule has 0 bridgehead atoms. The highest BCUT2D eigenvalue weighted by atomic mass is 16.3. The Morgan fingerprint density at radius 3 is 2.72 bits per heavy atom. The van der Waals surface area contributed by atoms with Crippen LogP contribution in [0.25, 0.3) is 0 Å². The second kappa shape index (κ2) is 5.84. The maximum absolute atomic E-state index is 11.8. The molecule has 0 radical (unpaired) electrons. The number of carbonyl (C=O) groups is 1. The van der Waals surface area contributed by atoms with Crippen molar-refractivity contribution in [2.75, 3.05) is 33.2 Å². The Balaban J connectivity index is 1.82. The third-order valence-corrected chi connectivity index (χ3v) is 3.06. The van der Waals surface area contributed by atoms with Crippen LogP contribution in [0.3, 0.4) is 0 Å². The third kappa shape index (κ3) is 3.72. The number of benzene rings is 1. The summed E-state index contributed by atoms with van der Waals surface area (Å²) in [5, 5.41) is 11.3. The van der Waals surface area contributed by atoms with Crippen LogP contribution in [-0.4, -0.2) is 54.1 Å². The number of nitrogens with one attached hydrogen (secondary N) is 1. The first-order valence-electron chi connectivity index (χ1n) is 6.14. The highest BCUT2D eigenvalue weighted by Crippen LogP contribution is 2.11. The molecule has 0 aromatic heterocycles. The number of phenols is 1. The molecule has 5 nitrogen and oxygen atoms in total. The van der Waals surface area contributed by atoms with Gasteiger partial charge in [-0.25, -0.2) is 5.01 Å². The Labute approximate surface area is 107 Å². The fourth-order valence-electron chi connectivity index (χ4n) is 1.99. The molecule has 1 fully saturated rings. The number of likely N-dealkylation sites (N-methyl/N-ethyl adjacent to an activating group) is 1. The molecule has 1 aromatic rings. The molecule has 1 aromatic carbocycles. The normalized spacial score (nSPS) is 17.6. The molecule has 98 valence electrons. The molecule has 2 rings (SSSR count). The second-order valence-electron chi connectivity index (χ2n) is 4.67. The number of piperazine rings is 1. The zero-order valence-corrected chi connectivity index (χ0v) is 10.6. The molecule has 1 saturated heterocycles. The summed E-state index contributed by atoms with van der Waals surface area (Å²) in [7, 11) is 2.08. The van der Waals surface area contributed by atoms with Crippen LogP contribution in [0, 0.1) is 0 Å². The summed E-state index contributed by atoms with van der Waals surface area (Å²) in [6, 6.07) is 6.79. The van der Waals surface area contributed by atoms with Crippen LogP contribution in [0.15, 0.2) is 24.3 Å². The maximum atomic E-state index is 11.8. The minimum absolute atomic E-state index is 0.0369. The first-order chi connectivity index (χ1) is 8.63. The maximum Gasteiger partial charge on any atom is 0.238 e. The number of carbonyl (C=O) groups excluding carboxylic acids is 1. The van der Waals surface area contributed by atoms with Gasteiger partial charge in [-0.3, -0.25) is 10.2 Å². The molecule has 5 heteroatoms. The van der Waals surface area contributed by atoms with Gasteiger partial charge in [-0.2, -0.15) is 0 Å². The van der Waals surface area contributed by atoms with E-state index < -0.39 is 0 Å². The van der Waals surface area contributed by atoms with Gasteiger partial charge in [0.05, 0.1) is 6.42 Å². The first-order valence-corrected chi connectivity index (χ1v) is 6.14. The topological polar surface area (TPSA) is 55.8 Å². The van der Waals surface area contributed by atoms with Crippen molar-refractivity contribution in [3.05, 3.63) is 29.8 Å². The molecule has 1 amide bonds. The van der Waals surface area contributed by atoms with E-state index in [0.717, 1.165) is 31.7 Å². The predicted octanol–water partition coefficient (Wildman–Crippen LogP) is 0.213. The lowest BCUT2D eigenvalue weighted by Crippen LogP contribution is -2.52. The zero-order valence-electron chi connectivity index (χ0n) is 10.6. The van der Waals surface area contributed by atoms with Gasteiger partial charge in [-0.1, -0.05) is 12.1 Å². The largest absolute Gasteiger partial charge is 0.508 e. The van der Waals surface area contributed by atoms with Gasteiger partial charge in [-0.05, 0) is 24.7 Å². The van der Waals surface area contributed by atoms with E-state index in [4.69, 9.17) is 0 Å². The fourth-order valence-corrected chi connectivity index (χ4v) is 1.99.